The van der Waals surface area contributed by atoms with E-state index in [4.69, 9.17) is 0 Å². The number of hydrogen-bond acceptors (Lipinski definition) is 3. The smallest absolute Gasteiger partial charge is 0.167 e. The summed E-state index contributed by atoms with van der Waals surface area (Å²) < 4.78 is 0. The van der Waals surface area contributed by atoms with Crippen molar-refractivity contribution in [2.24, 2.45) is 5.41 Å². The van der Waals surface area contributed by atoms with E-state index in [9.17, 15) is 15.0 Å². The lowest BCUT2D eigenvalue weighted by Gasteiger charge is -2.45. The fourth-order valence-corrected chi connectivity index (χ4v) is 2.91. The van der Waals surface area contributed by atoms with Gasteiger partial charge in [0.25, 0.3) is 0 Å². The zero-order valence-electron chi connectivity index (χ0n) is 7.92. The Balaban J connectivity index is 2.41. The molecule has 3 heteroatoms. The Morgan fingerprint density at radius 3 is 2.77 bits per heavy atom. The Morgan fingerprint density at radius 2 is 2.15 bits per heavy atom. The van der Waals surface area contributed by atoms with Gasteiger partial charge < -0.3 is 10.2 Å². The van der Waals surface area contributed by atoms with Crippen LogP contribution >= 0.6 is 0 Å². The van der Waals surface area contributed by atoms with Crippen LogP contribution < -0.4 is 0 Å². The summed E-state index contributed by atoms with van der Waals surface area (Å²) in [6, 6.07) is 0. The molecule has 74 valence electrons. The van der Waals surface area contributed by atoms with Crippen LogP contribution in [0.3, 0.4) is 0 Å². The average molecular weight is 184 g/mol. The maximum Gasteiger partial charge on any atom is 0.167 e. The molecule has 0 aromatic carbocycles. The summed E-state index contributed by atoms with van der Waals surface area (Å²) in [6.45, 7) is 1.92. The summed E-state index contributed by atoms with van der Waals surface area (Å²) in [5.74, 6) is -0.165. The highest BCUT2D eigenvalue weighted by atomic mass is 16.4. The van der Waals surface area contributed by atoms with Gasteiger partial charge in [-0.2, -0.15) is 0 Å². The molecular weight excluding hydrogens is 168 g/mol. The highest BCUT2D eigenvalue weighted by Gasteiger charge is 2.61. The molecule has 0 aliphatic heterocycles. The molecule has 0 aromatic rings. The Kier molecular flexibility index (Phi) is 1.79. The summed E-state index contributed by atoms with van der Waals surface area (Å²) in [4.78, 5) is 11.5. The Morgan fingerprint density at radius 1 is 1.46 bits per heavy atom. The molecule has 3 nitrogen and oxygen atoms in total. The maximum absolute atomic E-state index is 11.5. The van der Waals surface area contributed by atoms with E-state index >= 15 is 0 Å². The molecule has 0 heterocycles. The highest BCUT2D eigenvalue weighted by Crippen LogP contribution is 2.52. The molecule has 2 aliphatic carbocycles. The van der Waals surface area contributed by atoms with E-state index < -0.39 is 11.7 Å². The molecule has 0 spiro atoms. The van der Waals surface area contributed by atoms with Crippen LogP contribution in [0, 0.1) is 5.41 Å². The summed E-state index contributed by atoms with van der Waals surface area (Å²) in [6.07, 6.45) is 2.61. The van der Waals surface area contributed by atoms with Gasteiger partial charge in [-0.15, -0.1) is 0 Å². The number of ketones is 1. The van der Waals surface area contributed by atoms with Gasteiger partial charge in [0.1, 0.15) is 0 Å². The first-order valence-corrected chi connectivity index (χ1v) is 4.94. The van der Waals surface area contributed by atoms with Crippen LogP contribution in [0.2, 0.25) is 0 Å². The first-order chi connectivity index (χ1) is 6.01. The zero-order valence-corrected chi connectivity index (χ0v) is 7.92. The molecule has 0 unspecified atom stereocenters. The predicted octanol–water partition coefficient (Wildman–Crippen LogP) is 0.632. The van der Waals surface area contributed by atoms with Crippen molar-refractivity contribution in [3.63, 3.8) is 0 Å². The minimum absolute atomic E-state index is 0.165. The second-order valence-corrected chi connectivity index (χ2v) is 4.66. The van der Waals surface area contributed by atoms with Gasteiger partial charge in [-0.05, 0) is 19.3 Å². The van der Waals surface area contributed by atoms with Gasteiger partial charge in [0.05, 0.1) is 6.10 Å². The SMILES string of the molecule is C[C@@]12CCC[C@@H](O)[C@]1(O)C(=O)CC2. The van der Waals surface area contributed by atoms with Crippen LogP contribution in [0.4, 0.5) is 0 Å². The molecule has 2 N–H and O–H groups in total. The van der Waals surface area contributed by atoms with Crippen molar-refractivity contribution in [3.8, 4) is 0 Å². The molecule has 3 atom stereocenters. The van der Waals surface area contributed by atoms with Gasteiger partial charge in [-0.3, -0.25) is 4.79 Å². The van der Waals surface area contributed by atoms with Crippen molar-refractivity contribution < 1.29 is 15.0 Å². The van der Waals surface area contributed by atoms with Gasteiger partial charge in [-0.25, -0.2) is 0 Å². The summed E-state index contributed by atoms with van der Waals surface area (Å²) in [5.41, 5.74) is -1.81. The number of rotatable bonds is 0. The Labute approximate surface area is 77.8 Å². The fraction of sp³-hybridized carbons (Fsp3) is 0.900. The number of carbonyl (C=O) groups is 1. The van der Waals surface area contributed by atoms with E-state index in [0.717, 1.165) is 19.3 Å². The molecule has 0 saturated heterocycles. The number of carbonyl (C=O) groups excluding carboxylic acids is 1. The fourth-order valence-electron chi connectivity index (χ4n) is 2.91. The van der Waals surface area contributed by atoms with E-state index in [1.54, 1.807) is 0 Å². The van der Waals surface area contributed by atoms with Crippen molar-refractivity contribution in [1.82, 2.24) is 0 Å². The van der Waals surface area contributed by atoms with Gasteiger partial charge >= 0.3 is 0 Å². The largest absolute Gasteiger partial charge is 0.390 e. The third-order valence-electron chi connectivity index (χ3n) is 3.94. The quantitative estimate of drug-likeness (QED) is 0.580. The third kappa shape index (κ3) is 0.945. The molecule has 0 aromatic heterocycles. The van der Waals surface area contributed by atoms with Crippen molar-refractivity contribution in [2.45, 2.75) is 50.7 Å². The van der Waals surface area contributed by atoms with E-state index in [0.29, 0.717) is 12.8 Å². The van der Waals surface area contributed by atoms with Crippen molar-refractivity contribution in [3.05, 3.63) is 0 Å². The molecule has 13 heavy (non-hydrogen) atoms. The van der Waals surface area contributed by atoms with Gasteiger partial charge in [0, 0.05) is 11.8 Å². The summed E-state index contributed by atoms with van der Waals surface area (Å²) >= 11 is 0. The van der Waals surface area contributed by atoms with Crippen LogP contribution in [0.1, 0.15) is 39.0 Å². The van der Waals surface area contributed by atoms with Crippen LogP contribution in [0.15, 0.2) is 0 Å². The van der Waals surface area contributed by atoms with Gasteiger partial charge in [0.15, 0.2) is 11.4 Å². The van der Waals surface area contributed by atoms with Crippen LogP contribution in [0.25, 0.3) is 0 Å². The number of hydrogen-bond donors (Lipinski definition) is 2. The Hall–Kier alpha value is -0.410. The molecule has 2 saturated carbocycles. The lowest BCUT2D eigenvalue weighted by Crippen LogP contribution is -2.58. The molecule has 2 aliphatic rings. The lowest BCUT2D eigenvalue weighted by molar-refractivity contribution is -0.175. The molecule has 0 bridgehead atoms. The van der Waals surface area contributed by atoms with E-state index in [1.165, 1.54) is 0 Å². The summed E-state index contributed by atoms with van der Waals surface area (Å²) in [7, 11) is 0. The molecule has 2 fully saturated rings. The number of Topliss-reactive ketones (excluding diaryl/α,β-unsaturated/α-hetero) is 1. The van der Waals surface area contributed by atoms with E-state index in [-0.39, 0.29) is 11.2 Å². The van der Waals surface area contributed by atoms with E-state index in [2.05, 4.69) is 0 Å². The average Bonchev–Trinajstić information content (AvgIpc) is 2.31. The maximum atomic E-state index is 11.5. The van der Waals surface area contributed by atoms with Crippen LogP contribution in [-0.2, 0) is 4.79 Å². The number of aliphatic hydroxyl groups excluding tert-OH is 1. The first kappa shape index (κ1) is 9.16. The topological polar surface area (TPSA) is 57.5 Å². The monoisotopic (exact) mass is 184 g/mol. The Bertz CT molecular complexity index is 251. The zero-order chi connectivity index (χ0) is 9.69. The molecule has 2 rings (SSSR count). The predicted molar refractivity (Wildman–Crippen MR) is 47.2 cm³/mol. The summed E-state index contributed by atoms with van der Waals surface area (Å²) in [5, 5.41) is 19.9. The second kappa shape index (κ2) is 2.55. The van der Waals surface area contributed by atoms with Crippen molar-refractivity contribution in [2.75, 3.05) is 0 Å². The van der Waals surface area contributed by atoms with Crippen LogP contribution in [-0.4, -0.2) is 27.7 Å². The third-order valence-corrected chi connectivity index (χ3v) is 3.94. The highest BCUT2D eigenvalue weighted by molar-refractivity contribution is 5.91. The molecule has 0 amide bonds. The second-order valence-electron chi connectivity index (χ2n) is 4.66. The normalized spacial score (nSPS) is 50.7. The van der Waals surface area contributed by atoms with Crippen LogP contribution in [0.5, 0.6) is 0 Å². The minimum atomic E-state index is -1.44. The van der Waals surface area contributed by atoms with Crippen molar-refractivity contribution >= 4 is 5.78 Å². The first-order valence-electron chi connectivity index (χ1n) is 4.94. The minimum Gasteiger partial charge on any atom is -0.390 e. The number of fused-ring (bicyclic) bond motifs is 1. The van der Waals surface area contributed by atoms with Gasteiger partial charge in [0.2, 0.25) is 0 Å². The molecular formula is C10H16O3. The standard InChI is InChI=1S/C10H16O3/c1-9-5-2-3-7(11)10(9,13)8(12)4-6-9/h7,11,13H,2-6H2,1H3/t7-,9+,10+/m1/s1. The molecule has 0 radical (unpaired) electrons. The van der Waals surface area contributed by atoms with Crippen molar-refractivity contribution in [1.29, 1.82) is 0 Å². The van der Waals surface area contributed by atoms with E-state index in [1.807, 2.05) is 6.92 Å². The van der Waals surface area contributed by atoms with Gasteiger partial charge in [-0.1, -0.05) is 13.3 Å². The lowest BCUT2D eigenvalue weighted by atomic mass is 9.64. The number of aliphatic hydroxyl groups is 2.